The van der Waals surface area contributed by atoms with Crippen molar-refractivity contribution in [2.24, 2.45) is 5.73 Å². The molecule has 0 aliphatic carbocycles. The summed E-state index contributed by atoms with van der Waals surface area (Å²) >= 11 is 0. The highest BCUT2D eigenvalue weighted by Crippen LogP contribution is 2.37. The number of aldehydes is 1. The fourth-order valence-electron chi connectivity index (χ4n) is 4.16. The molecule has 0 bridgehead atoms. The molecule has 4 rings (SSSR count). The first-order valence-electron chi connectivity index (χ1n) is 10.3. The van der Waals surface area contributed by atoms with Gasteiger partial charge in [-0.3, -0.25) is 9.59 Å². The molecule has 1 aliphatic heterocycles. The highest BCUT2D eigenvalue weighted by molar-refractivity contribution is 5.89. The van der Waals surface area contributed by atoms with Crippen molar-refractivity contribution in [2.75, 3.05) is 20.8 Å². The number of benzene rings is 1. The largest absolute Gasteiger partial charge is 0.497 e. The first-order chi connectivity index (χ1) is 15.9. The lowest BCUT2D eigenvalue weighted by atomic mass is 9.99. The second kappa shape index (κ2) is 9.10. The molecule has 172 valence electrons. The van der Waals surface area contributed by atoms with E-state index in [0.29, 0.717) is 28.9 Å². The summed E-state index contributed by atoms with van der Waals surface area (Å²) in [5.41, 5.74) is 8.67. The van der Waals surface area contributed by atoms with Crippen LogP contribution in [0.5, 0.6) is 5.75 Å². The van der Waals surface area contributed by atoms with Gasteiger partial charge in [-0.05, 0) is 29.8 Å². The molecule has 33 heavy (non-hydrogen) atoms. The van der Waals surface area contributed by atoms with Crippen LogP contribution in [-0.4, -0.2) is 47.6 Å². The van der Waals surface area contributed by atoms with Gasteiger partial charge in [-0.1, -0.05) is 0 Å². The van der Waals surface area contributed by atoms with E-state index in [1.807, 2.05) is 6.07 Å². The minimum Gasteiger partial charge on any atom is -0.497 e. The van der Waals surface area contributed by atoms with Crippen LogP contribution in [0.15, 0.2) is 29.1 Å². The number of ether oxygens (including phenoxy) is 2. The second-order valence-electron chi connectivity index (χ2n) is 7.65. The quantitative estimate of drug-likeness (QED) is 0.326. The monoisotopic (exact) mass is 452 g/mol. The number of hydrogen-bond donors (Lipinski definition) is 3. The van der Waals surface area contributed by atoms with Crippen molar-refractivity contribution in [1.82, 2.24) is 14.9 Å². The van der Waals surface area contributed by atoms with Crippen LogP contribution in [-0.2, 0) is 34.0 Å². The fourth-order valence-corrected chi connectivity index (χ4v) is 4.16. The number of fused-ring (bicyclic) bond motifs is 4. The molecule has 3 aromatic rings. The number of amides is 1. The average molecular weight is 452 g/mol. The molecule has 1 unspecified atom stereocenters. The predicted octanol–water partition coefficient (Wildman–Crippen LogP) is 0.387. The third kappa shape index (κ3) is 3.88. The number of hydrogen-bond acceptors (Lipinski definition) is 8. The first-order valence-corrected chi connectivity index (χ1v) is 10.3. The molecule has 0 radical (unpaired) electrons. The van der Waals surface area contributed by atoms with Crippen LogP contribution in [0, 0.1) is 0 Å². The summed E-state index contributed by atoms with van der Waals surface area (Å²) in [5.74, 6) is 0.310. The van der Waals surface area contributed by atoms with Crippen molar-refractivity contribution in [3.63, 3.8) is 0 Å². The highest BCUT2D eigenvalue weighted by atomic mass is 16.5. The van der Waals surface area contributed by atoms with E-state index in [4.69, 9.17) is 20.2 Å². The Balaban J connectivity index is 1.97. The van der Waals surface area contributed by atoms with E-state index in [9.17, 15) is 19.5 Å². The Labute approximate surface area is 188 Å². The Morgan fingerprint density at radius 1 is 1.33 bits per heavy atom. The lowest BCUT2D eigenvalue weighted by Crippen LogP contribution is -2.30. The lowest BCUT2D eigenvalue weighted by Gasteiger charge is -2.14. The Bertz CT molecular complexity index is 1320. The number of nitrogens with two attached hydrogens (primary N) is 1. The number of aliphatic hydroxyl groups excluding tert-OH is 1. The maximum Gasteiger partial charge on any atom is 0.257 e. The average Bonchev–Trinajstić information content (AvgIpc) is 3.20. The molecule has 3 heterocycles. The predicted molar refractivity (Wildman–Crippen MR) is 120 cm³/mol. The summed E-state index contributed by atoms with van der Waals surface area (Å²) in [6, 6.07) is 7.00. The van der Waals surface area contributed by atoms with E-state index in [-0.39, 0.29) is 48.8 Å². The van der Waals surface area contributed by atoms with Crippen LogP contribution in [0.1, 0.15) is 28.4 Å². The van der Waals surface area contributed by atoms with Crippen LogP contribution in [0.3, 0.4) is 0 Å². The van der Waals surface area contributed by atoms with E-state index >= 15 is 0 Å². The number of methoxy groups -OCH3 is 2. The minimum absolute atomic E-state index is 0.0539. The van der Waals surface area contributed by atoms with E-state index in [1.54, 1.807) is 25.3 Å². The Hall–Kier alpha value is -3.60. The minimum atomic E-state index is -1.47. The lowest BCUT2D eigenvalue weighted by molar-refractivity contribution is -0.119. The summed E-state index contributed by atoms with van der Waals surface area (Å²) in [5, 5.41) is 13.8. The topological polar surface area (TPSA) is 146 Å². The van der Waals surface area contributed by atoms with E-state index in [0.717, 1.165) is 16.5 Å². The van der Waals surface area contributed by atoms with Gasteiger partial charge >= 0.3 is 0 Å². The number of nitrogens with one attached hydrogen (secondary N) is 1. The molecular formula is C23H24N4O6. The maximum absolute atomic E-state index is 13.3. The van der Waals surface area contributed by atoms with Gasteiger partial charge < -0.3 is 35.0 Å². The molecule has 2 aromatic heterocycles. The van der Waals surface area contributed by atoms with Crippen molar-refractivity contribution in [2.45, 2.75) is 25.8 Å². The van der Waals surface area contributed by atoms with Crippen LogP contribution in [0.2, 0.25) is 0 Å². The summed E-state index contributed by atoms with van der Waals surface area (Å²) < 4.78 is 12.0. The van der Waals surface area contributed by atoms with Gasteiger partial charge in [0.05, 0.1) is 43.7 Å². The van der Waals surface area contributed by atoms with Crippen molar-refractivity contribution < 1.29 is 24.2 Å². The number of carbonyl (C=O) groups is 2. The number of rotatable bonds is 8. The van der Waals surface area contributed by atoms with E-state index in [2.05, 4.69) is 5.32 Å². The third-order valence-corrected chi connectivity index (χ3v) is 5.79. The molecule has 10 nitrogen and oxygen atoms in total. The molecule has 1 atom stereocenters. The molecule has 1 aliphatic rings. The van der Waals surface area contributed by atoms with Gasteiger partial charge in [-0.25, -0.2) is 4.98 Å². The van der Waals surface area contributed by atoms with Crippen LogP contribution >= 0.6 is 0 Å². The van der Waals surface area contributed by atoms with Crippen molar-refractivity contribution in [1.29, 1.82) is 0 Å². The van der Waals surface area contributed by atoms with Gasteiger partial charge in [0.2, 0.25) is 5.91 Å². The Kier molecular flexibility index (Phi) is 6.23. The highest BCUT2D eigenvalue weighted by Gasteiger charge is 2.29. The SMILES string of the molecule is COCc1c(C(O)C=O)cc2n(c1=O)Cc1c-2nc2ccc(OC)cc2c1CNC(=O)CN. The summed E-state index contributed by atoms with van der Waals surface area (Å²) in [7, 11) is 2.99. The van der Waals surface area contributed by atoms with Crippen LogP contribution < -0.4 is 21.3 Å². The van der Waals surface area contributed by atoms with Crippen molar-refractivity contribution >= 4 is 23.1 Å². The van der Waals surface area contributed by atoms with Gasteiger partial charge in [0.15, 0.2) is 6.29 Å². The molecule has 1 aromatic carbocycles. The number of aromatic nitrogens is 2. The zero-order valence-electron chi connectivity index (χ0n) is 18.3. The fraction of sp³-hybridized carbons (Fsp3) is 0.304. The van der Waals surface area contributed by atoms with E-state index in [1.165, 1.54) is 11.7 Å². The molecule has 0 saturated carbocycles. The Morgan fingerprint density at radius 2 is 2.12 bits per heavy atom. The number of pyridine rings is 2. The Morgan fingerprint density at radius 3 is 2.79 bits per heavy atom. The summed E-state index contributed by atoms with van der Waals surface area (Å²) in [6.45, 7) is 0.191. The molecule has 0 spiro atoms. The summed E-state index contributed by atoms with van der Waals surface area (Å²) in [4.78, 5) is 41.3. The van der Waals surface area contributed by atoms with Crippen molar-refractivity contribution in [3.05, 3.63) is 56.9 Å². The van der Waals surface area contributed by atoms with Crippen molar-refractivity contribution in [3.8, 4) is 17.1 Å². The number of nitrogens with zero attached hydrogens (tertiary/aromatic N) is 2. The molecule has 4 N–H and O–H groups in total. The van der Waals surface area contributed by atoms with Crippen LogP contribution in [0.4, 0.5) is 0 Å². The van der Waals surface area contributed by atoms with Gasteiger partial charge in [0.1, 0.15) is 11.9 Å². The molecular weight excluding hydrogens is 428 g/mol. The third-order valence-electron chi connectivity index (χ3n) is 5.79. The van der Waals surface area contributed by atoms with E-state index < -0.39 is 6.10 Å². The number of aliphatic hydroxyl groups is 1. The maximum atomic E-state index is 13.3. The standard InChI is InChI=1S/C23H24N4O6/c1-32-11-17-14(20(29)10-28)6-19-22-16(9-27(19)23(17)31)15(8-25-21(30)7-24)13-5-12(33-2)3-4-18(13)26-22/h3-6,10,20,29H,7-9,11,24H2,1-2H3,(H,25,30). The zero-order valence-corrected chi connectivity index (χ0v) is 18.3. The van der Waals surface area contributed by atoms with Gasteiger partial charge in [0, 0.05) is 35.7 Å². The second-order valence-corrected chi connectivity index (χ2v) is 7.65. The molecule has 0 saturated heterocycles. The molecule has 1 amide bonds. The normalized spacial score (nSPS) is 12.8. The molecule has 10 heteroatoms. The number of carbonyl (C=O) groups excluding carboxylic acids is 2. The van der Waals surface area contributed by atoms with Gasteiger partial charge in [0.25, 0.3) is 5.56 Å². The zero-order chi connectivity index (χ0) is 23.7. The smallest absolute Gasteiger partial charge is 0.257 e. The first kappa shape index (κ1) is 22.6. The van der Waals surface area contributed by atoms with Gasteiger partial charge in [-0.2, -0.15) is 0 Å². The van der Waals surface area contributed by atoms with Crippen LogP contribution in [0.25, 0.3) is 22.3 Å². The molecule has 0 fully saturated rings. The van der Waals surface area contributed by atoms with Gasteiger partial charge in [-0.15, -0.1) is 0 Å². The summed E-state index contributed by atoms with van der Waals surface area (Å²) in [6.07, 6.45) is -1.10.